The van der Waals surface area contributed by atoms with E-state index in [2.05, 4.69) is 13.8 Å². The van der Waals surface area contributed by atoms with Gasteiger partial charge in [-0.1, -0.05) is 277 Å². The van der Waals surface area contributed by atoms with Gasteiger partial charge < -0.3 is 39.4 Å². The van der Waals surface area contributed by atoms with Crippen molar-refractivity contribution in [3.05, 3.63) is 0 Å². The summed E-state index contributed by atoms with van der Waals surface area (Å²) in [7, 11) is 0. The maximum atomic E-state index is 12.9. The molecule has 10 nitrogen and oxygen atoms in total. The van der Waals surface area contributed by atoms with Crippen LogP contribution < -0.4 is 0 Å². The van der Waals surface area contributed by atoms with E-state index < -0.39 is 49.4 Å². The first kappa shape index (κ1) is 64.7. The summed E-state index contributed by atoms with van der Waals surface area (Å²) in [5.41, 5.74) is 0. The lowest BCUT2D eigenvalue weighted by molar-refractivity contribution is -0.305. The first-order chi connectivity index (χ1) is 33.3. The third-order valence-electron chi connectivity index (χ3n) is 14.2. The van der Waals surface area contributed by atoms with Crippen molar-refractivity contribution in [2.24, 2.45) is 0 Å². The Hall–Kier alpha value is -1.30. The molecule has 0 amide bonds. The Morgan fingerprint density at radius 3 is 1.00 bits per heavy atom. The molecule has 4 N–H and O–H groups in total. The van der Waals surface area contributed by atoms with Crippen LogP contribution in [0.2, 0.25) is 0 Å². The van der Waals surface area contributed by atoms with Gasteiger partial charge in [-0.25, -0.2) is 0 Å². The van der Waals surface area contributed by atoms with Crippen molar-refractivity contribution >= 4 is 11.9 Å². The summed E-state index contributed by atoms with van der Waals surface area (Å²) in [4.78, 5) is 25.6. The molecule has 1 heterocycles. The highest BCUT2D eigenvalue weighted by Crippen LogP contribution is 2.23. The molecule has 0 radical (unpaired) electrons. The molecule has 6 atom stereocenters. The molecule has 0 aromatic carbocycles. The van der Waals surface area contributed by atoms with E-state index >= 15 is 0 Å². The number of rotatable bonds is 52. The molecule has 0 saturated carbocycles. The summed E-state index contributed by atoms with van der Waals surface area (Å²) >= 11 is 0. The molecule has 0 spiro atoms. The van der Waals surface area contributed by atoms with Gasteiger partial charge in [0.15, 0.2) is 12.4 Å². The number of aliphatic hydroxyl groups excluding tert-OH is 4. The average molecular weight is 970 g/mol. The molecule has 404 valence electrons. The van der Waals surface area contributed by atoms with Crippen LogP contribution in [0.4, 0.5) is 0 Å². The summed E-state index contributed by atoms with van der Waals surface area (Å²) in [6.07, 6.45) is 48.4. The van der Waals surface area contributed by atoms with Crippen molar-refractivity contribution < 1.29 is 49.0 Å². The summed E-state index contributed by atoms with van der Waals surface area (Å²) in [5, 5.41) is 40.3. The zero-order valence-corrected chi connectivity index (χ0v) is 44.6. The number of aliphatic hydroxyl groups is 4. The fourth-order valence-electron chi connectivity index (χ4n) is 9.61. The molecule has 2 unspecified atom stereocenters. The Morgan fingerprint density at radius 2 is 0.691 bits per heavy atom. The van der Waals surface area contributed by atoms with Crippen LogP contribution in [0.5, 0.6) is 0 Å². The van der Waals surface area contributed by atoms with Crippen LogP contribution in [0.1, 0.15) is 303 Å². The normalized spacial score (nSPS) is 18.8. The van der Waals surface area contributed by atoms with Gasteiger partial charge in [-0.2, -0.15) is 0 Å². The summed E-state index contributed by atoms with van der Waals surface area (Å²) in [5.74, 6) is -0.780. The Bertz CT molecular complexity index is 1070. The highest BCUT2D eigenvalue weighted by molar-refractivity contribution is 5.70. The molecule has 10 heteroatoms. The SMILES string of the molecule is CCCCCCCCCCCCCCCCCCCCCCCCCC(=O)OC[C@@H](CO[C@H]1O[C@@H](CO)[C@@H](O)C(O)C1O)OC(=O)CCCCCCCCCCCCCCCCCCCCCC. The van der Waals surface area contributed by atoms with Gasteiger partial charge in [0, 0.05) is 12.8 Å². The number of hydrogen-bond acceptors (Lipinski definition) is 10. The maximum absolute atomic E-state index is 12.9. The van der Waals surface area contributed by atoms with Crippen molar-refractivity contribution in [1.29, 1.82) is 0 Å². The minimum absolute atomic E-state index is 0.208. The number of hydrogen-bond donors (Lipinski definition) is 4. The predicted octanol–water partition coefficient (Wildman–Crippen LogP) is 14.9. The van der Waals surface area contributed by atoms with E-state index in [9.17, 15) is 30.0 Å². The van der Waals surface area contributed by atoms with Gasteiger partial charge in [0.2, 0.25) is 0 Å². The van der Waals surface area contributed by atoms with E-state index in [0.29, 0.717) is 6.42 Å². The highest BCUT2D eigenvalue weighted by atomic mass is 16.7. The van der Waals surface area contributed by atoms with E-state index in [1.165, 1.54) is 238 Å². The van der Waals surface area contributed by atoms with Gasteiger partial charge >= 0.3 is 11.9 Å². The zero-order valence-electron chi connectivity index (χ0n) is 44.6. The van der Waals surface area contributed by atoms with Gasteiger partial charge in [-0.15, -0.1) is 0 Å². The molecule has 1 fully saturated rings. The quantitative estimate of drug-likeness (QED) is 0.0342. The first-order valence-electron chi connectivity index (χ1n) is 29.6. The molecule has 1 rings (SSSR count). The predicted molar refractivity (Wildman–Crippen MR) is 280 cm³/mol. The molecule has 0 bridgehead atoms. The van der Waals surface area contributed by atoms with E-state index in [0.717, 1.165) is 32.1 Å². The third-order valence-corrected chi connectivity index (χ3v) is 14.2. The van der Waals surface area contributed by atoms with Gasteiger partial charge in [0.25, 0.3) is 0 Å². The fourth-order valence-corrected chi connectivity index (χ4v) is 9.61. The molecule has 1 aliphatic heterocycles. The largest absolute Gasteiger partial charge is 0.462 e. The minimum Gasteiger partial charge on any atom is -0.462 e. The monoisotopic (exact) mass is 969 g/mol. The maximum Gasteiger partial charge on any atom is 0.306 e. The lowest BCUT2D eigenvalue weighted by Gasteiger charge is -2.39. The van der Waals surface area contributed by atoms with Crippen LogP contribution >= 0.6 is 0 Å². The van der Waals surface area contributed by atoms with Crippen LogP contribution in [0.3, 0.4) is 0 Å². The van der Waals surface area contributed by atoms with Gasteiger partial charge in [-0.05, 0) is 12.8 Å². The first-order valence-corrected chi connectivity index (χ1v) is 29.6. The standard InChI is InChI=1S/C58H112O10/c1-3-5-7-9-11-13-15-17-19-21-23-25-26-27-29-30-32-34-36-38-40-42-44-46-53(60)65-49-51(50-66-58-57(64)56(63)55(62)52(48-59)68-58)67-54(61)47-45-43-41-39-37-35-33-31-28-24-22-20-18-16-14-12-10-8-6-4-2/h51-52,55-59,62-64H,3-50H2,1-2H3/t51-,52-,55+,56?,57?,58-/m0/s1. The number of unbranched alkanes of at least 4 members (excludes halogenated alkanes) is 41. The second kappa shape index (κ2) is 49.3. The summed E-state index contributed by atoms with van der Waals surface area (Å²) < 4.78 is 22.3. The molecule has 1 aliphatic rings. The van der Waals surface area contributed by atoms with Crippen molar-refractivity contribution in [3.8, 4) is 0 Å². The van der Waals surface area contributed by atoms with Crippen molar-refractivity contribution in [3.63, 3.8) is 0 Å². The van der Waals surface area contributed by atoms with Crippen LogP contribution in [-0.4, -0.2) is 89.0 Å². The molecular weight excluding hydrogens is 857 g/mol. The zero-order chi connectivity index (χ0) is 49.4. The Kier molecular flexibility index (Phi) is 46.9. The Balaban J connectivity index is 2.17. The van der Waals surface area contributed by atoms with Crippen LogP contribution in [0.25, 0.3) is 0 Å². The minimum atomic E-state index is -1.59. The van der Waals surface area contributed by atoms with E-state index in [1.54, 1.807) is 0 Å². The molecule has 0 aliphatic carbocycles. The molecule has 0 aromatic heterocycles. The fraction of sp³-hybridized carbons (Fsp3) is 0.966. The summed E-state index contributed by atoms with van der Waals surface area (Å²) in [6.45, 7) is 3.51. The molecule has 68 heavy (non-hydrogen) atoms. The number of carbonyl (C=O) groups is 2. The van der Waals surface area contributed by atoms with Crippen LogP contribution in [-0.2, 0) is 28.5 Å². The Labute approximate surface area is 418 Å². The van der Waals surface area contributed by atoms with Crippen LogP contribution in [0.15, 0.2) is 0 Å². The topological polar surface area (TPSA) is 152 Å². The molecule has 0 aromatic rings. The van der Waals surface area contributed by atoms with Crippen molar-refractivity contribution in [2.45, 2.75) is 340 Å². The second-order valence-corrected chi connectivity index (χ2v) is 20.8. The van der Waals surface area contributed by atoms with E-state index in [4.69, 9.17) is 18.9 Å². The number of ether oxygens (including phenoxy) is 4. The van der Waals surface area contributed by atoms with Gasteiger partial charge in [0.1, 0.15) is 31.0 Å². The molecule has 1 saturated heterocycles. The lowest BCUT2D eigenvalue weighted by atomic mass is 9.99. The second-order valence-electron chi connectivity index (χ2n) is 20.8. The summed E-state index contributed by atoms with van der Waals surface area (Å²) in [6, 6.07) is 0. The van der Waals surface area contributed by atoms with E-state index in [1.807, 2.05) is 0 Å². The molecular formula is C58H112O10. The Morgan fingerprint density at radius 1 is 0.397 bits per heavy atom. The highest BCUT2D eigenvalue weighted by Gasteiger charge is 2.44. The third kappa shape index (κ3) is 39.3. The smallest absolute Gasteiger partial charge is 0.306 e. The van der Waals surface area contributed by atoms with E-state index in [-0.39, 0.29) is 32.0 Å². The van der Waals surface area contributed by atoms with Crippen LogP contribution in [0, 0.1) is 0 Å². The van der Waals surface area contributed by atoms with Gasteiger partial charge in [-0.3, -0.25) is 9.59 Å². The van der Waals surface area contributed by atoms with Crippen molar-refractivity contribution in [2.75, 3.05) is 19.8 Å². The lowest BCUT2D eigenvalue weighted by Crippen LogP contribution is -2.59. The average Bonchev–Trinajstić information content (AvgIpc) is 3.34. The van der Waals surface area contributed by atoms with Crippen molar-refractivity contribution in [1.82, 2.24) is 0 Å². The number of esters is 2. The number of carbonyl (C=O) groups excluding carboxylic acids is 2. The van der Waals surface area contributed by atoms with Gasteiger partial charge in [0.05, 0.1) is 13.2 Å².